The van der Waals surface area contributed by atoms with Crippen LogP contribution in [0.25, 0.3) is 11.0 Å². The molecule has 0 unspecified atom stereocenters. The molecule has 0 bridgehead atoms. The molecule has 0 atom stereocenters. The van der Waals surface area contributed by atoms with Crippen molar-refractivity contribution in [3.8, 4) is 0 Å². The molecule has 1 amide bonds. The summed E-state index contributed by atoms with van der Waals surface area (Å²) in [4.78, 5) is 16.2. The van der Waals surface area contributed by atoms with E-state index in [9.17, 15) is 18.0 Å². The molecule has 0 saturated carbocycles. The Labute approximate surface area is 177 Å². The van der Waals surface area contributed by atoms with E-state index in [1.165, 1.54) is 18.3 Å². The van der Waals surface area contributed by atoms with Crippen LogP contribution in [0.2, 0.25) is 0 Å². The van der Waals surface area contributed by atoms with Crippen LogP contribution in [0.5, 0.6) is 0 Å². The normalized spacial score (nSPS) is 11.7. The first kappa shape index (κ1) is 20.1. The van der Waals surface area contributed by atoms with Crippen LogP contribution in [0.15, 0.2) is 65.3 Å². The Morgan fingerprint density at radius 2 is 1.80 bits per heavy atom. The van der Waals surface area contributed by atoms with Crippen molar-refractivity contribution in [2.45, 2.75) is 19.3 Å². The average Bonchev–Trinajstić information content (AvgIpc) is 3.28. The second-order valence-corrected chi connectivity index (χ2v) is 7.47. The highest BCUT2D eigenvalue weighted by atomic mass is 79.9. The summed E-state index contributed by atoms with van der Waals surface area (Å²) in [7, 11) is 0. The van der Waals surface area contributed by atoms with Crippen molar-refractivity contribution >= 4 is 38.7 Å². The molecule has 4 rings (SSSR count). The van der Waals surface area contributed by atoms with Crippen molar-refractivity contribution in [3.05, 3.63) is 76.7 Å². The minimum Gasteiger partial charge on any atom is -0.311 e. The van der Waals surface area contributed by atoms with Gasteiger partial charge >= 0.3 is 6.18 Å². The van der Waals surface area contributed by atoms with Crippen molar-refractivity contribution in [2.24, 2.45) is 0 Å². The largest absolute Gasteiger partial charge is 0.449 e. The van der Waals surface area contributed by atoms with Crippen LogP contribution in [-0.4, -0.2) is 25.2 Å². The quantitative estimate of drug-likeness (QED) is 0.453. The third-order valence-electron chi connectivity index (χ3n) is 4.44. The number of nitrogens with zero attached hydrogens (tertiary/aromatic N) is 4. The third kappa shape index (κ3) is 4.23. The fraction of sp³-hybridized carbons (Fsp3) is 0.150. The van der Waals surface area contributed by atoms with E-state index < -0.39 is 24.5 Å². The Hall–Kier alpha value is -3.14. The smallest absolute Gasteiger partial charge is 0.311 e. The van der Waals surface area contributed by atoms with Gasteiger partial charge in [0.15, 0.2) is 0 Å². The zero-order valence-electron chi connectivity index (χ0n) is 15.4. The predicted molar refractivity (Wildman–Crippen MR) is 109 cm³/mol. The lowest BCUT2D eigenvalue weighted by molar-refractivity contribution is -0.147. The van der Waals surface area contributed by atoms with Crippen molar-refractivity contribution < 1.29 is 18.0 Å². The summed E-state index contributed by atoms with van der Waals surface area (Å²) >= 11 is 3.37. The summed E-state index contributed by atoms with van der Waals surface area (Å²) in [5.41, 5.74) is 1.37. The molecule has 2 aromatic carbocycles. The molecular formula is C20H15BrF3N5O. The number of carbonyl (C=O) groups excluding carboxylic acids is 1. The van der Waals surface area contributed by atoms with E-state index in [4.69, 9.17) is 0 Å². The van der Waals surface area contributed by atoms with Crippen LogP contribution in [0.4, 0.5) is 19.0 Å². The minimum atomic E-state index is -4.68. The van der Waals surface area contributed by atoms with Gasteiger partial charge in [0.25, 0.3) is 0 Å². The van der Waals surface area contributed by atoms with Gasteiger partial charge in [0.2, 0.25) is 11.7 Å². The Morgan fingerprint density at radius 1 is 1.07 bits per heavy atom. The topological polar surface area (TPSA) is 64.7 Å². The number of fused-ring (bicyclic) bond motifs is 1. The number of hydrogen-bond donors (Lipinski definition) is 1. The number of nitrogens with one attached hydrogen (secondary N) is 1. The highest BCUT2D eigenvalue weighted by Gasteiger charge is 2.38. The van der Waals surface area contributed by atoms with Gasteiger partial charge in [-0.3, -0.25) is 4.79 Å². The van der Waals surface area contributed by atoms with Gasteiger partial charge in [0.05, 0.1) is 23.8 Å². The van der Waals surface area contributed by atoms with E-state index in [1.807, 2.05) is 24.3 Å². The molecule has 2 aromatic heterocycles. The van der Waals surface area contributed by atoms with Crippen molar-refractivity contribution in [1.29, 1.82) is 0 Å². The number of benzene rings is 2. The lowest BCUT2D eigenvalue weighted by atomic mass is 10.2. The second kappa shape index (κ2) is 7.94. The number of halogens is 4. The van der Waals surface area contributed by atoms with E-state index in [-0.39, 0.29) is 11.0 Å². The van der Waals surface area contributed by atoms with Crippen molar-refractivity contribution in [2.75, 3.05) is 5.32 Å². The maximum Gasteiger partial charge on any atom is 0.449 e. The van der Waals surface area contributed by atoms with Crippen LogP contribution in [0.1, 0.15) is 11.4 Å². The SMILES string of the molecule is O=C(Cn1c(C(F)(F)F)nc2ccccc21)Nc1ccnn1Cc1ccc(Br)cc1. The standard InChI is InChI=1S/C20H15BrF3N5O/c21-14-7-5-13(6-8-14)11-29-17(9-10-25-29)27-18(30)12-28-16-4-2-1-3-15(16)26-19(28)20(22,23)24/h1-10H,11-12H2,(H,27,30). The van der Waals surface area contributed by atoms with Gasteiger partial charge in [-0.05, 0) is 29.8 Å². The van der Waals surface area contributed by atoms with Crippen LogP contribution < -0.4 is 5.32 Å². The molecule has 154 valence electrons. The highest BCUT2D eigenvalue weighted by Crippen LogP contribution is 2.31. The summed E-state index contributed by atoms with van der Waals surface area (Å²) in [6, 6.07) is 15.4. The fourth-order valence-corrected chi connectivity index (χ4v) is 3.37. The van der Waals surface area contributed by atoms with Gasteiger partial charge in [0.1, 0.15) is 12.4 Å². The lowest BCUT2D eigenvalue weighted by Crippen LogP contribution is -2.24. The maximum atomic E-state index is 13.4. The van der Waals surface area contributed by atoms with Crippen molar-refractivity contribution in [3.63, 3.8) is 0 Å². The summed E-state index contributed by atoms with van der Waals surface area (Å²) in [5, 5.41) is 6.82. The summed E-state index contributed by atoms with van der Waals surface area (Å²) in [6.07, 6.45) is -3.16. The number of carbonyl (C=O) groups is 1. The van der Waals surface area contributed by atoms with Gasteiger partial charge in [-0.2, -0.15) is 18.3 Å². The molecule has 10 heteroatoms. The number of rotatable bonds is 5. The van der Waals surface area contributed by atoms with Gasteiger partial charge in [0, 0.05) is 10.5 Å². The first-order valence-corrected chi connectivity index (χ1v) is 9.69. The second-order valence-electron chi connectivity index (χ2n) is 6.56. The highest BCUT2D eigenvalue weighted by molar-refractivity contribution is 9.10. The molecule has 1 N–H and O–H groups in total. The Bertz CT molecular complexity index is 1200. The van der Waals surface area contributed by atoms with Gasteiger partial charge in [-0.25, -0.2) is 9.67 Å². The van der Waals surface area contributed by atoms with Crippen molar-refractivity contribution in [1.82, 2.24) is 19.3 Å². The zero-order valence-corrected chi connectivity index (χ0v) is 17.0. The molecule has 0 aliphatic rings. The number of amides is 1. The number of aromatic nitrogens is 4. The number of anilines is 1. The molecule has 0 fully saturated rings. The molecule has 4 aromatic rings. The Morgan fingerprint density at radius 3 is 2.53 bits per heavy atom. The third-order valence-corrected chi connectivity index (χ3v) is 4.97. The van der Waals surface area contributed by atoms with E-state index in [0.29, 0.717) is 12.4 Å². The zero-order chi connectivity index (χ0) is 21.3. The Balaban J connectivity index is 1.55. The molecule has 0 aliphatic heterocycles. The van der Waals surface area contributed by atoms with Crippen LogP contribution in [0, 0.1) is 0 Å². The average molecular weight is 478 g/mol. The summed E-state index contributed by atoms with van der Waals surface area (Å²) in [5.74, 6) is -1.33. The van der Waals surface area contributed by atoms with Gasteiger partial charge < -0.3 is 9.88 Å². The molecule has 0 saturated heterocycles. The molecule has 6 nitrogen and oxygen atoms in total. The van der Waals surface area contributed by atoms with Crippen LogP contribution in [0.3, 0.4) is 0 Å². The van der Waals surface area contributed by atoms with Crippen LogP contribution in [-0.2, 0) is 24.1 Å². The summed E-state index contributed by atoms with van der Waals surface area (Å²) < 4.78 is 43.6. The fourth-order valence-electron chi connectivity index (χ4n) is 3.11. The first-order valence-electron chi connectivity index (χ1n) is 8.90. The van der Waals surface area contributed by atoms with E-state index >= 15 is 0 Å². The number of alkyl halides is 3. The van der Waals surface area contributed by atoms with Crippen LogP contribution >= 0.6 is 15.9 Å². The first-order chi connectivity index (χ1) is 14.3. The number of imidazole rings is 1. The number of para-hydroxylation sites is 2. The number of hydrogen-bond acceptors (Lipinski definition) is 3. The van der Waals surface area contributed by atoms with E-state index in [0.717, 1.165) is 14.6 Å². The lowest BCUT2D eigenvalue weighted by Gasteiger charge is -2.13. The van der Waals surface area contributed by atoms with Gasteiger partial charge in [-0.1, -0.05) is 40.2 Å². The maximum absolute atomic E-state index is 13.4. The molecule has 0 radical (unpaired) electrons. The molecular weight excluding hydrogens is 463 g/mol. The minimum absolute atomic E-state index is 0.179. The molecule has 30 heavy (non-hydrogen) atoms. The molecule has 0 aliphatic carbocycles. The van der Waals surface area contributed by atoms with Gasteiger partial charge in [-0.15, -0.1) is 0 Å². The van der Waals surface area contributed by atoms with E-state index in [2.05, 4.69) is 31.3 Å². The molecule has 0 spiro atoms. The monoisotopic (exact) mass is 477 g/mol. The Kier molecular flexibility index (Phi) is 5.33. The summed E-state index contributed by atoms with van der Waals surface area (Å²) in [6.45, 7) is -0.128. The van der Waals surface area contributed by atoms with E-state index in [1.54, 1.807) is 22.9 Å². The molecule has 2 heterocycles. The predicted octanol–water partition coefficient (Wildman–Crippen LogP) is 4.70.